The van der Waals surface area contributed by atoms with Crippen LogP contribution in [0.3, 0.4) is 0 Å². The first kappa shape index (κ1) is 19.8. The van der Waals surface area contributed by atoms with Gasteiger partial charge in [-0.2, -0.15) is 0 Å². The number of hydrogen-bond donors (Lipinski definition) is 2. The number of rotatable bonds is 10. The number of Topliss-reactive ketones (excluding diaryl/α,β-unsaturated/α-hetero) is 1. The van der Waals surface area contributed by atoms with Gasteiger partial charge in [0.25, 0.3) is 0 Å². The molecule has 1 aliphatic rings. The van der Waals surface area contributed by atoms with Crippen LogP contribution in [-0.2, 0) is 14.3 Å². The molecule has 0 saturated heterocycles. The molecule has 0 spiro atoms. The minimum Gasteiger partial charge on any atom is -0.466 e. The second-order valence-corrected chi connectivity index (χ2v) is 6.31. The van der Waals surface area contributed by atoms with Gasteiger partial charge in [0.2, 0.25) is 0 Å². The minimum atomic E-state index is -0.633. The van der Waals surface area contributed by atoms with E-state index >= 15 is 0 Å². The molecule has 1 saturated carbocycles. The van der Waals surface area contributed by atoms with Crippen LogP contribution in [-0.4, -0.2) is 40.8 Å². The standard InChI is InChI=1S/C18H30O5/c1-3-23-18(22)9-7-5-4-6-8-14-15(11-10-13(2)19)17(21)12-16(14)20/h10-11,13-15,17,19,21H,3-9,12H2,1-2H3/t13?,14-,15+,17+/m0/s1. The SMILES string of the molecule is CCOC(=O)CCCCCC[C@@H]1C(=O)C[C@@H](O)[C@@H]1C=CC(C)O. The van der Waals surface area contributed by atoms with Crippen molar-refractivity contribution in [2.75, 3.05) is 6.61 Å². The molecule has 23 heavy (non-hydrogen) atoms. The van der Waals surface area contributed by atoms with Gasteiger partial charge in [-0.1, -0.05) is 31.4 Å². The zero-order chi connectivity index (χ0) is 17.2. The maximum atomic E-state index is 12.0. The van der Waals surface area contributed by atoms with Crippen molar-refractivity contribution in [3.05, 3.63) is 12.2 Å². The number of aliphatic hydroxyl groups excluding tert-OH is 2. The fourth-order valence-electron chi connectivity index (χ4n) is 3.10. The van der Waals surface area contributed by atoms with E-state index in [1.807, 2.05) is 0 Å². The molecule has 1 rings (SSSR count). The van der Waals surface area contributed by atoms with Crippen LogP contribution in [0, 0.1) is 11.8 Å². The maximum Gasteiger partial charge on any atom is 0.305 e. The smallest absolute Gasteiger partial charge is 0.305 e. The molecule has 0 aromatic heterocycles. The molecular formula is C18H30O5. The molecule has 0 aliphatic heterocycles. The average Bonchev–Trinajstić information content (AvgIpc) is 2.74. The van der Waals surface area contributed by atoms with Gasteiger partial charge < -0.3 is 14.9 Å². The van der Waals surface area contributed by atoms with Crippen molar-refractivity contribution < 1.29 is 24.5 Å². The normalized spacial score (nSPS) is 25.9. The summed E-state index contributed by atoms with van der Waals surface area (Å²) < 4.78 is 4.88. The Hall–Kier alpha value is -1.20. The van der Waals surface area contributed by atoms with E-state index in [9.17, 15) is 19.8 Å². The van der Waals surface area contributed by atoms with Crippen molar-refractivity contribution in [2.24, 2.45) is 11.8 Å². The zero-order valence-corrected chi connectivity index (χ0v) is 14.2. The summed E-state index contributed by atoms with van der Waals surface area (Å²) in [6.45, 7) is 3.87. The van der Waals surface area contributed by atoms with E-state index in [-0.39, 0.29) is 30.0 Å². The summed E-state index contributed by atoms with van der Waals surface area (Å²) in [7, 11) is 0. The molecule has 1 fully saturated rings. The highest BCUT2D eigenvalue weighted by molar-refractivity contribution is 5.84. The van der Waals surface area contributed by atoms with Crippen molar-refractivity contribution >= 4 is 11.8 Å². The Kier molecular flexibility index (Phi) is 9.10. The third-order valence-electron chi connectivity index (χ3n) is 4.30. The molecule has 4 atom stereocenters. The molecule has 0 aromatic rings. The van der Waals surface area contributed by atoms with Gasteiger partial charge >= 0.3 is 5.97 Å². The number of ether oxygens (including phenoxy) is 1. The van der Waals surface area contributed by atoms with Crippen molar-refractivity contribution in [1.29, 1.82) is 0 Å². The fourth-order valence-corrected chi connectivity index (χ4v) is 3.10. The summed E-state index contributed by atoms with van der Waals surface area (Å²) in [6, 6.07) is 0. The topological polar surface area (TPSA) is 83.8 Å². The van der Waals surface area contributed by atoms with E-state index in [0.717, 1.165) is 32.1 Å². The number of carbonyl (C=O) groups is 2. The van der Waals surface area contributed by atoms with E-state index in [2.05, 4.69) is 0 Å². The van der Waals surface area contributed by atoms with Crippen LogP contribution < -0.4 is 0 Å². The number of ketones is 1. The molecular weight excluding hydrogens is 296 g/mol. The number of unbranched alkanes of at least 4 members (excludes halogenated alkanes) is 3. The lowest BCUT2D eigenvalue weighted by molar-refractivity contribution is -0.143. The number of carbonyl (C=O) groups excluding carboxylic acids is 2. The maximum absolute atomic E-state index is 12.0. The molecule has 132 valence electrons. The average molecular weight is 326 g/mol. The van der Waals surface area contributed by atoms with Gasteiger partial charge in [0.1, 0.15) is 5.78 Å². The minimum absolute atomic E-state index is 0.115. The molecule has 0 heterocycles. The number of esters is 1. The van der Waals surface area contributed by atoms with Crippen LogP contribution in [0.2, 0.25) is 0 Å². The second-order valence-electron chi connectivity index (χ2n) is 6.31. The van der Waals surface area contributed by atoms with Gasteiger partial charge in [0.15, 0.2) is 0 Å². The molecule has 1 unspecified atom stereocenters. The van der Waals surface area contributed by atoms with E-state index in [1.165, 1.54) is 0 Å². The van der Waals surface area contributed by atoms with Gasteiger partial charge in [-0.25, -0.2) is 0 Å². The molecule has 5 heteroatoms. The van der Waals surface area contributed by atoms with Crippen LogP contribution in [0.15, 0.2) is 12.2 Å². The highest BCUT2D eigenvalue weighted by atomic mass is 16.5. The van der Waals surface area contributed by atoms with E-state index < -0.39 is 12.2 Å². The molecule has 0 radical (unpaired) electrons. The van der Waals surface area contributed by atoms with Crippen molar-refractivity contribution in [3.8, 4) is 0 Å². The first-order chi connectivity index (χ1) is 11.0. The summed E-state index contributed by atoms with van der Waals surface area (Å²) in [4.78, 5) is 23.2. The summed E-state index contributed by atoms with van der Waals surface area (Å²) in [5, 5.41) is 19.3. The van der Waals surface area contributed by atoms with Crippen LogP contribution in [0.4, 0.5) is 0 Å². The molecule has 0 bridgehead atoms. The lowest BCUT2D eigenvalue weighted by atomic mass is 9.88. The molecule has 0 aromatic carbocycles. The second kappa shape index (κ2) is 10.6. The highest BCUT2D eigenvalue weighted by Crippen LogP contribution is 2.34. The molecule has 2 N–H and O–H groups in total. The van der Waals surface area contributed by atoms with Crippen LogP contribution in [0.5, 0.6) is 0 Å². The third-order valence-corrected chi connectivity index (χ3v) is 4.30. The Balaban J connectivity index is 2.28. The molecule has 0 amide bonds. The summed E-state index contributed by atoms with van der Waals surface area (Å²) in [5.74, 6) is -0.365. The first-order valence-electron chi connectivity index (χ1n) is 8.68. The summed E-state index contributed by atoms with van der Waals surface area (Å²) in [5.41, 5.74) is 0. The van der Waals surface area contributed by atoms with Gasteiger partial charge in [-0.05, 0) is 26.7 Å². The van der Waals surface area contributed by atoms with E-state index in [4.69, 9.17) is 4.74 Å². The van der Waals surface area contributed by atoms with Crippen molar-refractivity contribution in [1.82, 2.24) is 0 Å². The van der Waals surface area contributed by atoms with E-state index in [0.29, 0.717) is 13.0 Å². The number of aliphatic hydroxyl groups is 2. The molecule has 5 nitrogen and oxygen atoms in total. The Morgan fingerprint density at radius 2 is 2.04 bits per heavy atom. The molecule has 1 aliphatic carbocycles. The monoisotopic (exact) mass is 326 g/mol. The summed E-state index contributed by atoms with van der Waals surface area (Å²) >= 11 is 0. The summed E-state index contributed by atoms with van der Waals surface area (Å²) in [6.07, 6.45) is 7.26. The Morgan fingerprint density at radius 1 is 1.35 bits per heavy atom. The first-order valence-corrected chi connectivity index (χ1v) is 8.68. The Bertz CT molecular complexity index is 402. The predicted octanol–water partition coefficient (Wildman–Crippen LogP) is 2.39. The van der Waals surface area contributed by atoms with Gasteiger partial charge in [-0.3, -0.25) is 9.59 Å². The zero-order valence-electron chi connectivity index (χ0n) is 14.2. The Labute approximate surface area is 138 Å². The van der Waals surface area contributed by atoms with E-state index in [1.54, 1.807) is 26.0 Å². The number of hydrogen-bond acceptors (Lipinski definition) is 5. The lowest BCUT2D eigenvalue weighted by Crippen LogP contribution is -2.19. The van der Waals surface area contributed by atoms with Crippen LogP contribution in [0.1, 0.15) is 58.8 Å². The predicted molar refractivity (Wildman–Crippen MR) is 87.8 cm³/mol. The largest absolute Gasteiger partial charge is 0.466 e. The van der Waals surface area contributed by atoms with Crippen LogP contribution in [0.25, 0.3) is 0 Å². The third kappa shape index (κ3) is 7.27. The van der Waals surface area contributed by atoms with Crippen molar-refractivity contribution in [2.45, 2.75) is 71.0 Å². The van der Waals surface area contributed by atoms with Gasteiger partial charge in [0, 0.05) is 24.7 Å². The Morgan fingerprint density at radius 3 is 2.70 bits per heavy atom. The van der Waals surface area contributed by atoms with Crippen LogP contribution >= 0.6 is 0 Å². The fraction of sp³-hybridized carbons (Fsp3) is 0.778. The highest BCUT2D eigenvalue weighted by Gasteiger charge is 2.39. The quantitative estimate of drug-likeness (QED) is 0.366. The van der Waals surface area contributed by atoms with Crippen molar-refractivity contribution in [3.63, 3.8) is 0 Å². The van der Waals surface area contributed by atoms with Gasteiger partial charge in [0.05, 0.1) is 18.8 Å². The lowest BCUT2D eigenvalue weighted by Gasteiger charge is -2.17. The van der Waals surface area contributed by atoms with Gasteiger partial charge in [-0.15, -0.1) is 0 Å².